The number of primary amides is 1. The van der Waals surface area contributed by atoms with Gasteiger partial charge in [-0.05, 0) is 37.6 Å². The average molecular weight is 529 g/mol. The highest BCUT2D eigenvalue weighted by molar-refractivity contribution is 7.94. The van der Waals surface area contributed by atoms with Crippen molar-refractivity contribution < 1.29 is 17.9 Å². The van der Waals surface area contributed by atoms with E-state index in [1.807, 2.05) is 0 Å². The van der Waals surface area contributed by atoms with Gasteiger partial charge >= 0.3 is 0 Å². The second kappa shape index (κ2) is 9.66. The molecule has 0 unspecified atom stereocenters. The highest BCUT2D eigenvalue weighted by Crippen LogP contribution is 2.32. The van der Waals surface area contributed by atoms with E-state index in [0.717, 1.165) is 11.3 Å². The van der Waals surface area contributed by atoms with Crippen LogP contribution in [-0.4, -0.2) is 41.0 Å². The van der Waals surface area contributed by atoms with Crippen LogP contribution in [0.1, 0.15) is 17.6 Å². The molecule has 0 aliphatic carbocycles. The van der Waals surface area contributed by atoms with E-state index in [2.05, 4.69) is 19.7 Å². The Bertz CT molecular complexity index is 1640. The summed E-state index contributed by atoms with van der Waals surface area (Å²) in [4.78, 5) is 37.2. The first-order valence-electron chi connectivity index (χ1n) is 10.8. The zero-order chi connectivity index (χ0) is 26.2. The standard InChI is InChI=1S/C23H24N6O5S2/c1-12(20(24)30)10-29-11-26-18-6-5-15(7-17(18)22(29)31)16-8-19(21(34-4)25-9-16)28-36(32,33)23-13(2)27-14(3)35-23/h5-9,11-12,28H,10H2,1-4H3,(H2,24,30)/t12-/m1/s1. The van der Waals surface area contributed by atoms with Crippen molar-refractivity contribution in [2.45, 2.75) is 31.5 Å². The topological polar surface area (TPSA) is 159 Å². The molecule has 1 aromatic carbocycles. The van der Waals surface area contributed by atoms with E-state index in [4.69, 9.17) is 10.5 Å². The van der Waals surface area contributed by atoms with Crippen molar-refractivity contribution in [2.75, 3.05) is 11.8 Å². The molecule has 4 rings (SSSR count). The molecule has 3 N–H and O–H groups in total. The molecule has 0 aliphatic rings. The second-order valence-corrected chi connectivity index (χ2v) is 11.3. The number of fused-ring (bicyclic) bond motifs is 1. The van der Waals surface area contributed by atoms with Gasteiger partial charge in [-0.15, -0.1) is 11.3 Å². The lowest BCUT2D eigenvalue weighted by molar-refractivity contribution is -0.121. The summed E-state index contributed by atoms with van der Waals surface area (Å²) in [5.74, 6) is -0.970. The van der Waals surface area contributed by atoms with Crippen LogP contribution < -0.4 is 20.8 Å². The summed E-state index contributed by atoms with van der Waals surface area (Å²) in [5, 5.41) is 0.966. The van der Waals surface area contributed by atoms with Crippen LogP contribution in [0.15, 0.2) is 45.8 Å². The van der Waals surface area contributed by atoms with E-state index < -0.39 is 21.8 Å². The fourth-order valence-corrected chi connectivity index (χ4v) is 6.19. The van der Waals surface area contributed by atoms with Gasteiger partial charge < -0.3 is 10.5 Å². The molecule has 1 atom stereocenters. The normalized spacial score (nSPS) is 12.4. The monoisotopic (exact) mass is 528 g/mol. The number of ether oxygens (including phenoxy) is 1. The summed E-state index contributed by atoms with van der Waals surface area (Å²) >= 11 is 1.07. The zero-order valence-corrected chi connectivity index (χ0v) is 21.6. The highest BCUT2D eigenvalue weighted by Gasteiger charge is 2.23. The molecule has 0 radical (unpaired) electrons. The van der Waals surface area contributed by atoms with Gasteiger partial charge in [0.05, 0.1) is 41.0 Å². The number of rotatable bonds is 8. The number of nitrogens with zero attached hydrogens (tertiary/aromatic N) is 4. The Morgan fingerprint density at radius 3 is 2.61 bits per heavy atom. The molecule has 0 bridgehead atoms. The summed E-state index contributed by atoms with van der Waals surface area (Å²) in [7, 11) is -2.55. The number of aryl methyl sites for hydroxylation is 2. The van der Waals surface area contributed by atoms with E-state index >= 15 is 0 Å². The van der Waals surface area contributed by atoms with Gasteiger partial charge in [-0.1, -0.05) is 13.0 Å². The van der Waals surface area contributed by atoms with E-state index in [1.54, 1.807) is 45.0 Å². The Hall–Kier alpha value is -3.84. The van der Waals surface area contributed by atoms with Crippen molar-refractivity contribution in [3.05, 3.63) is 57.8 Å². The first-order chi connectivity index (χ1) is 17.0. The van der Waals surface area contributed by atoms with Crippen LogP contribution in [0.5, 0.6) is 5.88 Å². The first kappa shape index (κ1) is 25.3. The number of anilines is 1. The third-order valence-corrected chi connectivity index (χ3v) is 8.56. The van der Waals surface area contributed by atoms with Crippen molar-refractivity contribution in [1.82, 2.24) is 19.5 Å². The van der Waals surface area contributed by atoms with Gasteiger partial charge in [0, 0.05) is 18.3 Å². The van der Waals surface area contributed by atoms with Crippen molar-refractivity contribution in [2.24, 2.45) is 11.7 Å². The van der Waals surface area contributed by atoms with Gasteiger partial charge in [-0.3, -0.25) is 18.9 Å². The number of carbonyl (C=O) groups is 1. The Morgan fingerprint density at radius 1 is 1.22 bits per heavy atom. The maximum Gasteiger partial charge on any atom is 0.273 e. The first-order valence-corrected chi connectivity index (χ1v) is 13.1. The minimum absolute atomic E-state index is 0.0893. The lowest BCUT2D eigenvalue weighted by Crippen LogP contribution is -2.30. The van der Waals surface area contributed by atoms with E-state index in [1.165, 1.54) is 24.2 Å². The minimum atomic E-state index is -3.94. The number of methoxy groups -OCH3 is 1. The Kier molecular flexibility index (Phi) is 6.78. The van der Waals surface area contributed by atoms with Crippen molar-refractivity contribution >= 4 is 43.9 Å². The van der Waals surface area contributed by atoms with E-state index in [9.17, 15) is 18.0 Å². The molecule has 13 heteroatoms. The Morgan fingerprint density at radius 2 is 1.97 bits per heavy atom. The number of aromatic nitrogens is 4. The van der Waals surface area contributed by atoms with E-state index in [-0.39, 0.29) is 27.9 Å². The fraction of sp³-hybridized carbons (Fsp3) is 0.261. The molecule has 11 nitrogen and oxygen atoms in total. The van der Waals surface area contributed by atoms with Gasteiger partial charge in [0.1, 0.15) is 5.69 Å². The molecule has 0 saturated carbocycles. The Balaban J connectivity index is 1.75. The van der Waals surface area contributed by atoms with E-state index in [0.29, 0.717) is 32.7 Å². The number of hydrogen-bond acceptors (Lipinski definition) is 9. The number of benzene rings is 1. The van der Waals surface area contributed by atoms with Crippen molar-refractivity contribution in [1.29, 1.82) is 0 Å². The number of amides is 1. The van der Waals surface area contributed by atoms with Crippen LogP contribution in [0.3, 0.4) is 0 Å². The molecule has 0 spiro atoms. The largest absolute Gasteiger partial charge is 0.480 e. The molecule has 0 saturated heterocycles. The minimum Gasteiger partial charge on any atom is -0.480 e. The predicted octanol–water partition coefficient (Wildman–Crippen LogP) is 2.46. The fourth-order valence-electron chi connectivity index (χ4n) is 3.65. The summed E-state index contributed by atoms with van der Waals surface area (Å²) in [6.07, 6.45) is 2.90. The maximum absolute atomic E-state index is 13.1. The van der Waals surface area contributed by atoms with Crippen LogP contribution in [0.2, 0.25) is 0 Å². The summed E-state index contributed by atoms with van der Waals surface area (Å²) < 4.78 is 35.3. The molecule has 4 aromatic rings. The molecule has 3 heterocycles. The molecular formula is C23H24N6O5S2. The predicted molar refractivity (Wildman–Crippen MR) is 137 cm³/mol. The number of nitrogens with two attached hydrogens (primary N) is 1. The van der Waals surface area contributed by atoms with Gasteiger partial charge in [-0.2, -0.15) is 0 Å². The van der Waals surface area contributed by atoms with Gasteiger partial charge in [0.25, 0.3) is 15.6 Å². The van der Waals surface area contributed by atoms with Crippen LogP contribution in [0, 0.1) is 19.8 Å². The van der Waals surface area contributed by atoms with Gasteiger partial charge in [0.15, 0.2) is 4.21 Å². The summed E-state index contributed by atoms with van der Waals surface area (Å²) in [6, 6.07) is 6.67. The van der Waals surface area contributed by atoms with Gasteiger partial charge in [-0.25, -0.2) is 23.4 Å². The van der Waals surface area contributed by atoms with Crippen LogP contribution >= 0.6 is 11.3 Å². The van der Waals surface area contributed by atoms with Gasteiger partial charge in [0.2, 0.25) is 11.8 Å². The molecule has 0 aliphatic heterocycles. The lowest BCUT2D eigenvalue weighted by Gasteiger charge is -2.13. The number of pyridine rings is 1. The smallest absolute Gasteiger partial charge is 0.273 e. The maximum atomic E-state index is 13.1. The number of sulfonamides is 1. The molecule has 36 heavy (non-hydrogen) atoms. The lowest BCUT2D eigenvalue weighted by atomic mass is 10.0. The van der Waals surface area contributed by atoms with Crippen LogP contribution in [0.25, 0.3) is 22.0 Å². The molecule has 1 amide bonds. The quantitative estimate of drug-likeness (QED) is 0.353. The SMILES string of the molecule is COc1ncc(-c2ccc3ncn(C[C@@H](C)C(N)=O)c(=O)c3c2)cc1NS(=O)(=O)c1sc(C)nc1C. The third-order valence-electron chi connectivity index (χ3n) is 5.51. The average Bonchev–Trinajstić information content (AvgIpc) is 3.19. The zero-order valence-electron chi connectivity index (χ0n) is 20.0. The third kappa shape index (κ3) is 4.93. The van der Waals surface area contributed by atoms with Crippen LogP contribution in [-0.2, 0) is 21.4 Å². The summed E-state index contributed by atoms with van der Waals surface area (Å²) in [6.45, 7) is 5.10. The Labute approximate surface area is 211 Å². The molecule has 0 fully saturated rings. The number of nitrogens with one attached hydrogen (secondary N) is 1. The number of thiazole rings is 1. The second-order valence-electron chi connectivity index (χ2n) is 8.23. The highest BCUT2D eigenvalue weighted by atomic mass is 32.2. The van der Waals surface area contributed by atoms with Crippen LogP contribution in [0.4, 0.5) is 5.69 Å². The van der Waals surface area contributed by atoms with Crippen molar-refractivity contribution in [3.8, 4) is 17.0 Å². The number of hydrogen-bond donors (Lipinski definition) is 2. The van der Waals surface area contributed by atoms with Crippen molar-refractivity contribution in [3.63, 3.8) is 0 Å². The molecule has 188 valence electrons. The number of carbonyl (C=O) groups excluding carboxylic acids is 1. The molecular weight excluding hydrogens is 504 g/mol. The molecule has 3 aromatic heterocycles. The summed E-state index contributed by atoms with van der Waals surface area (Å²) in [5.41, 5.74) is 7.18.